The molecule has 5 heteroatoms. The fourth-order valence-electron chi connectivity index (χ4n) is 2.35. The third kappa shape index (κ3) is 2.87. The van der Waals surface area contributed by atoms with Crippen molar-refractivity contribution in [1.82, 2.24) is 9.97 Å². The summed E-state index contributed by atoms with van der Waals surface area (Å²) in [6, 6.07) is 0. The molecule has 94 valence electrons. The Morgan fingerprint density at radius 1 is 1.53 bits per heavy atom. The Hall–Kier alpha value is -0.870. The zero-order chi connectivity index (χ0) is 12.6. The molecule has 0 radical (unpaired) electrons. The summed E-state index contributed by atoms with van der Waals surface area (Å²) in [6.07, 6.45) is 1.95. The van der Waals surface area contributed by atoms with Crippen LogP contribution in [0, 0.1) is 6.92 Å². The molecular weight excluding hydrogens is 238 g/mol. The van der Waals surface area contributed by atoms with E-state index in [0.29, 0.717) is 5.28 Å². The second-order valence-electron chi connectivity index (χ2n) is 5.21. The highest BCUT2D eigenvalue weighted by molar-refractivity contribution is 6.28. The van der Waals surface area contributed by atoms with Crippen molar-refractivity contribution in [2.75, 3.05) is 18.0 Å². The highest BCUT2D eigenvalue weighted by atomic mass is 35.5. The summed E-state index contributed by atoms with van der Waals surface area (Å²) >= 11 is 5.86. The smallest absolute Gasteiger partial charge is 0.224 e. The van der Waals surface area contributed by atoms with Crippen LogP contribution in [0.25, 0.3) is 0 Å². The molecule has 0 N–H and O–H groups in total. The van der Waals surface area contributed by atoms with Crippen molar-refractivity contribution in [2.24, 2.45) is 0 Å². The van der Waals surface area contributed by atoms with Gasteiger partial charge in [-0.3, -0.25) is 0 Å². The van der Waals surface area contributed by atoms with Gasteiger partial charge in [0.15, 0.2) is 0 Å². The molecule has 1 saturated heterocycles. The summed E-state index contributed by atoms with van der Waals surface area (Å²) in [5.74, 6) is 0.910. The number of aryl methyl sites for hydroxylation is 1. The van der Waals surface area contributed by atoms with E-state index in [1.807, 2.05) is 6.92 Å². The van der Waals surface area contributed by atoms with Crippen molar-refractivity contribution < 1.29 is 4.74 Å². The molecule has 2 rings (SSSR count). The summed E-state index contributed by atoms with van der Waals surface area (Å²) in [5.41, 5.74) is 0.876. The van der Waals surface area contributed by atoms with Gasteiger partial charge < -0.3 is 9.64 Å². The first-order valence-electron chi connectivity index (χ1n) is 5.79. The number of rotatable bonds is 1. The summed E-state index contributed by atoms with van der Waals surface area (Å²) in [6.45, 7) is 9.90. The van der Waals surface area contributed by atoms with Gasteiger partial charge in [-0.1, -0.05) is 0 Å². The van der Waals surface area contributed by atoms with Crippen LogP contribution in [0.2, 0.25) is 5.28 Å². The van der Waals surface area contributed by atoms with E-state index in [4.69, 9.17) is 16.3 Å². The van der Waals surface area contributed by atoms with Gasteiger partial charge in [0.1, 0.15) is 5.82 Å². The van der Waals surface area contributed by atoms with Crippen molar-refractivity contribution in [3.05, 3.63) is 17.0 Å². The molecule has 1 aromatic heterocycles. The number of hydrogen-bond acceptors (Lipinski definition) is 4. The fraction of sp³-hybridized carbons (Fsp3) is 0.667. The monoisotopic (exact) mass is 255 g/mol. The molecule has 17 heavy (non-hydrogen) atoms. The molecule has 2 heterocycles. The molecule has 0 spiro atoms. The van der Waals surface area contributed by atoms with Gasteiger partial charge in [-0.05, 0) is 39.3 Å². The second-order valence-corrected chi connectivity index (χ2v) is 5.55. The average Bonchev–Trinajstić information content (AvgIpc) is 2.18. The maximum atomic E-state index is 5.88. The van der Waals surface area contributed by atoms with E-state index in [1.54, 1.807) is 6.20 Å². The van der Waals surface area contributed by atoms with Crippen molar-refractivity contribution in [3.8, 4) is 0 Å². The first-order chi connectivity index (χ1) is 7.87. The van der Waals surface area contributed by atoms with E-state index in [9.17, 15) is 0 Å². The van der Waals surface area contributed by atoms with E-state index in [-0.39, 0.29) is 11.7 Å². The number of anilines is 1. The minimum atomic E-state index is -0.165. The molecular formula is C12H18ClN3O. The zero-order valence-corrected chi connectivity index (χ0v) is 11.5. The minimum Gasteiger partial charge on any atom is -0.369 e. The van der Waals surface area contributed by atoms with Gasteiger partial charge in [-0.2, -0.15) is 0 Å². The number of halogens is 1. The van der Waals surface area contributed by atoms with E-state index < -0.39 is 0 Å². The molecule has 0 saturated carbocycles. The first kappa shape index (κ1) is 12.6. The van der Waals surface area contributed by atoms with Crippen LogP contribution in [0.4, 0.5) is 5.82 Å². The van der Waals surface area contributed by atoms with E-state index in [1.165, 1.54) is 0 Å². The van der Waals surface area contributed by atoms with Gasteiger partial charge in [-0.25, -0.2) is 9.97 Å². The van der Waals surface area contributed by atoms with Crippen LogP contribution in [0.5, 0.6) is 0 Å². The number of morpholine rings is 1. The number of nitrogens with zero attached hydrogens (tertiary/aromatic N) is 3. The fourth-order valence-corrected chi connectivity index (χ4v) is 2.48. The minimum absolute atomic E-state index is 0.165. The van der Waals surface area contributed by atoms with Crippen molar-refractivity contribution in [1.29, 1.82) is 0 Å². The molecule has 0 aromatic carbocycles. The van der Waals surface area contributed by atoms with E-state index in [2.05, 4.69) is 35.6 Å². The van der Waals surface area contributed by atoms with Crippen molar-refractivity contribution >= 4 is 17.4 Å². The lowest BCUT2D eigenvalue weighted by molar-refractivity contribution is -0.0752. The lowest BCUT2D eigenvalue weighted by Crippen LogP contribution is -2.52. The van der Waals surface area contributed by atoms with Gasteiger partial charge in [-0.15, -0.1) is 0 Å². The third-order valence-corrected chi connectivity index (χ3v) is 2.97. The van der Waals surface area contributed by atoms with Gasteiger partial charge in [0.2, 0.25) is 5.28 Å². The normalized spacial score (nSPS) is 23.8. The Bertz CT molecular complexity index is 422. The predicted octanol–water partition coefficient (Wildman–Crippen LogP) is 2.44. The third-order valence-electron chi connectivity index (χ3n) is 2.78. The standard InChI is InChI=1S/C12H18ClN3O/c1-8-5-14-11(13)15-10(8)16-6-9(2)17-12(3,4)7-16/h5,9H,6-7H2,1-4H3. The molecule has 0 bridgehead atoms. The topological polar surface area (TPSA) is 38.2 Å². The summed E-state index contributed by atoms with van der Waals surface area (Å²) in [5, 5.41) is 0.294. The molecule has 0 aliphatic carbocycles. The largest absolute Gasteiger partial charge is 0.369 e. The highest BCUT2D eigenvalue weighted by Crippen LogP contribution is 2.27. The SMILES string of the molecule is Cc1cnc(Cl)nc1N1CC(C)OC(C)(C)C1. The van der Waals surface area contributed by atoms with E-state index in [0.717, 1.165) is 24.5 Å². The van der Waals surface area contributed by atoms with Gasteiger partial charge in [0, 0.05) is 24.8 Å². The molecule has 0 amide bonds. The quantitative estimate of drug-likeness (QED) is 0.723. The van der Waals surface area contributed by atoms with Gasteiger partial charge >= 0.3 is 0 Å². The summed E-state index contributed by atoms with van der Waals surface area (Å²) in [4.78, 5) is 10.5. The Kier molecular flexibility index (Phi) is 3.27. The van der Waals surface area contributed by atoms with Crippen LogP contribution in [0.3, 0.4) is 0 Å². The van der Waals surface area contributed by atoms with Crippen LogP contribution < -0.4 is 4.90 Å². The molecule has 1 atom stereocenters. The molecule has 1 unspecified atom stereocenters. The van der Waals surface area contributed by atoms with E-state index >= 15 is 0 Å². The summed E-state index contributed by atoms with van der Waals surface area (Å²) in [7, 11) is 0. The lowest BCUT2D eigenvalue weighted by Gasteiger charge is -2.42. The van der Waals surface area contributed by atoms with Crippen molar-refractivity contribution in [3.63, 3.8) is 0 Å². The maximum absolute atomic E-state index is 5.88. The summed E-state index contributed by atoms with van der Waals surface area (Å²) < 4.78 is 5.88. The Morgan fingerprint density at radius 3 is 2.88 bits per heavy atom. The Balaban J connectivity index is 2.30. The Labute approximate surface area is 107 Å². The molecule has 1 aromatic rings. The van der Waals surface area contributed by atoms with Gasteiger partial charge in [0.05, 0.1) is 11.7 Å². The lowest BCUT2D eigenvalue weighted by atomic mass is 10.1. The number of aromatic nitrogens is 2. The van der Waals surface area contributed by atoms with Crippen LogP contribution in [-0.2, 0) is 4.74 Å². The average molecular weight is 256 g/mol. The zero-order valence-electron chi connectivity index (χ0n) is 10.7. The van der Waals surface area contributed by atoms with Crippen molar-refractivity contribution in [2.45, 2.75) is 39.4 Å². The molecule has 1 aliphatic rings. The van der Waals surface area contributed by atoms with Crippen LogP contribution in [-0.4, -0.2) is 34.8 Å². The first-order valence-corrected chi connectivity index (χ1v) is 6.17. The maximum Gasteiger partial charge on any atom is 0.224 e. The predicted molar refractivity (Wildman–Crippen MR) is 68.6 cm³/mol. The number of hydrogen-bond donors (Lipinski definition) is 0. The molecule has 1 fully saturated rings. The number of ether oxygens (including phenoxy) is 1. The van der Waals surface area contributed by atoms with Crippen LogP contribution in [0.1, 0.15) is 26.3 Å². The molecule has 1 aliphatic heterocycles. The highest BCUT2D eigenvalue weighted by Gasteiger charge is 2.32. The molecule has 4 nitrogen and oxygen atoms in total. The van der Waals surface area contributed by atoms with Crippen LogP contribution >= 0.6 is 11.6 Å². The Morgan fingerprint density at radius 2 is 2.24 bits per heavy atom. The van der Waals surface area contributed by atoms with Crippen LogP contribution in [0.15, 0.2) is 6.20 Å². The second kappa shape index (κ2) is 4.42. The van der Waals surface area contributed by atoms with Gasteiger partial charge in [0.25, 0.3) is 0 Å².